The summed E-state index contributed by atoms with van der Waals surface area (Å²) in [6.07, 6.45) is -0.133. The number of piperazine rings is 1. The van der Waals surface area contributed by atoms with E-state index < -0.39 is 12.0 Å². The van der Waals surface area contributed by atoms with Gasteiger partial charge in [0, 0.05) is 23.1 Å². The van der Waals surface area contributed by atoms with Crippen molar-refractivity contribution < 1.29 is 19.1 Å². The van der Waals surface area contributed by atoms with E-state index >= 15 is 0 Å². The minimum Gasteiger partial charge on any atom is -0.466 e. The molecule has 26 heavy (non-hydrogen) atoms. The molecule has 1 saturated heterocycles. The molecule has 2 rings (SSSR count). The molecular weight excluding hydrogens is 422 g/mol. The topological polar surface area (TPSA) is 87.7 Å². The van der Waals surface area contributed by atoms with Gasteiger partial charge >= 0.3 is 5.97 Å². The van der Waals surface area contributed by atoms with Crippen LogP contribution in [0.25, 0.3) is 0 Å². The normalized spacial score (nSPS) is 16.7. The maximum Gasteiger partial charge on any atom is 0.308 e. The number of thiocarbonyl (C=S) groups is 1. The van der Waals surface area contributed by atoms with E-state index in [1.165, 1.54) is 0 Å². The van der Waals surface area contributed by atoms with Crippen LogP contribution in [-0.2, 0) is 14.3 Å². The third-order valence-electron chi connectivity index (χ3n) is 3.91. The molecule has 2 amide bonds. The molecule has 1 atom stereocenters. The lowest BCUT2D eigenvalue weighted by Gasteiger charge is -2.36. The van der Waals surface area contributed by atoms with Crippen LogP contribution in [0.5, 0.6) is 0 Å². The Bertz CT molecular complexity index is 741. The van der Waals surface area contributed by atoms with Gasteiger partial charge in [-0.1, -0.05) is 22.0 Å². The Kier molecular flexibility index (Phi) is 7.10. The third kappa shape index (κ3) is 5.01. The molecular formula is C17H20BrN3O4S. The number of carbonyl (C=O) groups excluding carboxylic acids is 3. The molecule has 0 aliphatic carbocycles. The van der Waals surface area contributed by atoms with Crippen molar-refractivity contribution in [3.63, 3.8) is 0 Å². The number of halogens is 1. The number of hydrogen-bond donors (Lipinski definition) is 2. The fourth-order valence-electron chi connectivity index (χ4n) is 2.51. The number of nitrogens with one attached hydrogen (secondary N) is 2. The zero-order valence-corrected chi connectivity index (χ0v) is 16.9. The highest BCUT2D eigenvalue weighted by Gasteiger charge is 2.34. The van der Waals surface area contributed by atoms with Gasteiger partial charge in [-0.15, -0.1) is 0 Å². The van der Waals surface area contributed by atoms with E-state index in [2.05, 4.69) is 26.6 Å². The van der Waals surface area contributed by atoms with Gasteiger partial charge in [-0.25, -0.2) is 0 Å². The maximum absolute atomic E-state index is 12.4. The third-order valence-corrected chi connectivity index (χ3v) is 5.10. The van der Waals surface area contributed by atoms with Gasteiger partial charge < -0.3 is 15.0 Å². The summed E-state index contributed by atoms with van der Waals surface area (Å²) in [6.45, 7) is 4.62. The molecule has 1 aromatic rings. The zero-order chi connectivity index (χ0) is 19.3. The Labute approximate surface area is 165 Å². The fraction of sp³-hybridized carbons (Fsp3) is 0.412. The molecule has 1 heterocycles. The van der Waals surface area contributed by atoms with Gasteiger partial charge in [0.15, 0.2) is 5.11 Å². The number of aryl methyl sites for hydroxylation is 1. The predicted octanol–water partition coefficient (Wildman–Crippen LogP) is 1.53. The molecule has 9 heteroatoms. The van der Waals surface area contributed by atoms with Crippen molar-refractivity contribution in [3.05, 3.63) is 33.8 Å². The molecule has 0 unspecified atom stereocenters. The van der Waals surface area contributed by atoms with Gasteiger partial charge in [-0.05, 0) is 43.8 Å². The quantitative estimate of drug-likeness (QED) is 0.543. The molecule has 140 valence electrons. The summed E-state index contributed by atoms with van der Waals surface area (Å²) in [5.74, 6) is -1.19. The van der Waals surface area contributed by atoms with Gasteiger partial charge in [0.2, 0.25) is 5.91 Å². The zero-order valence-electron chi connectivity index (χ0n) is 14.5. The van der Waals surface area contributed by atoms with Gasteiger partial charge in [0.25, 0.3) is 5.91 Å². The lowest BCUT2D eigenvalue weighted by Crippen LogP contribution is -2.60. The highest BCUT2D eigenvalue weighted by molar-refractivity contribution is 9.10. The van der Waals surface area contributed by atoms with Crippen molar-refractivity contribution in [2.24, 2.45) is 0 Å². The molecule has 0 radical (unpaired) electrons. The molecule has 1 aromatic carbocycles. The number of rotatable bonds is 4. The molecule has 1 fully saturated rings. The summed E-state index contributed by atoms with van der Waals surface area (Å²) in [4.78, 5) is 37.9. The number of esters is 1. The summed E-state index contributed by atoms with van der Waals surface area (Å²) >= 11 is 8.70. The second kappa shape index (κ2) is 9.09. The first kappa shape index (κ1) is 20.3. The van der Waals surface area contributed by atoms with Crippen LogP contribution in [0.1, 0.15) is 29.3 Å². The van der Waals surface area contributed by atoms with Crippen molar-refractivity contribution in [2.45, 2.75) is 26.3 Å². The molecule has 7 nitrogen and oxygen atoms in total. The lowest BCUT2D eigenvalue weighted by molar-refractivity contribution is -0.147. The van der Waals surface area contributed by atoms with Crippen LogP contribution in [0.2, 0.25) is 0 Å². The molecule has 2 N–H and O–H groups in total. The second-order valence-electron chi connectivity index (χ2n) is 5.73. The first-order valence-electron chi connectivity index (χ1n) is 8.15. The summed E-state index contributed by atoms with van der Waals surface area (Å²) in [6, 6.07) is 4.41. The SMILES string of the molecule is CCOC(=O)C[C@@H]1C(=O)NCCN1C(=S)NC(=O)c1ccc(C)c(Br)c1. The van der Waals surface area contributed by atoms with E-state index in [-0.39, 0.29) is 30.0 Å². The minimum absolute atomic E-state index is 0.107. The van der Waals surface area contributed by atoms with Crippen LogP contribution >= 0.6 is 28.1 Å². The average molecular weight is 442 g/mol. The number of carbonyl (C=O) groups is 3. The van der Waals surface area contributed by atoms with Crippen LogP contribution in [0.15, 0.2) is 22.7 Å². The maximum atomic E-state index is 12.4. The smallest absolute Gasteiger partial charge is 0.308 e. The van der Waals surface area contributed by atoms with E-state index in [0.29, 0.717) is 18.7 Å². The van der Waals surface area contributed by atoms with E-state index in [4.69, 9.17) is 17.0 Å². The Hall–Kier alpha value is -2.00. The number of benzene rings is 1. The Balaban J connectivity index is 2.09. The molecule has 0 saturated carbocycles. The van der Waals surface area contributed by atoms with E-state index in [1.807, 2.05) is 13.0 Å². The second-order valence-corrected chi connectivity index (χ2v) is 6.97. The molecule has 0 spiro atoms. The van der Waals surface area contributed by atoms with E-state index in [9.17, 15) is 14.4 Å². The van der Waals surface area contributed by atoms with Gasteiger partial charge in [0.05, 0.1) is 13.0 Å². The number of ether oxygens (including phenoxy) is 1. The predicted molar refractivity (Wildman–Crippen MR) is 104 cm³/mol. The van der Waals surface area contributed by atoms with Crippen molar-refractivity contribution in [1.82, 2.24) is 15.5 Å². The van der Waals surface area contributed by atoms with Crippen LogP contribution in [0.4, 0.5) is 0 Å². The van der Waals surface area contributed by atoms with Crippen molar-refractivity contribution in [1.29, 1.82) is 0 Å². The van der Waals surface area contributed by atoms with Gasteiger partial charge in [0.1, 0.15) is 6.04 Å². The Morgan fingerprint density at radius 1 is 1.46 bits per heavy atom. The van der Waals surface area contributed by atoms with Crippen LogP contribution in [0.3, 0.4) is 0 Å². The van der Waals surface area contributed by atoms with Crippen LogP contribution in [0, 0.1) is 6.92 Å². The number of hydrogen-bond acceptors (Lipinski definition) is 5. The van der Waals surface area contributed by atoms with Crippen molar-refractivity contribution in [2.75, 3.05) is 19.7 Å². The van der Waals surface area contributed by atoms with E-state index in [0.717, 1.165) is 10.0 Å². The summed E-state index contributed by atoms with van der Waals surface area (Å²) in [5, 5.41) is 5.44. The minimum atomic E-state index is -0.805. The van der Waals surface area contributed by atoms with Gasteiger partial charge in [-0.3, -0.25) is 19.7 Å². The lowest BCUT2D eigenvalue weighted by atomic mass is 10.1. The highest BCUT2D eigenvalue weighted by Crippen LogP contribution is 2.18. The van der Waals surface area contributed by atoms with Crippen molar-refractivity contribution in [3.8, 4) is 0 Å². The number of nitrogens with zero attached hydrogens (tertiary/aromatic N) is 1. The van der Waals surface area contributed by atoms with Crippen molar-refractivity contribution >= 4 is 51.0 Å². The summed E-state index contributed by atoms with van der Waals surface area (Å²) in [7, 11) is 0. The van der Waals surface area contributed by atoms with Crippen LogP contribution < -0.4 is 10.6 Å². The summed E-state index contributed by atoms with van der Waals surface area (Å²) < 4.78 is 5.73. The molecule has 1 aliphatic rings. The largest absolute Gasteiger partial charge is 0.466 e. The first-order chi connectivity index (χ1) is 12.3. The summed E-state index contributed by atoms with van der Waals surface area (Å²) in [5.41, 5.74) is 1.44. The monoisotopic (exact) mass is 441 g/mol. The molecule has 0 aromatic heterocycles. The van der Waals surface area contributed by atoms with Gasteiger partial charge in [-0.2, -0.15) is 0 Å². The fourth-order valence-corrected chi connectivity index (χ4v) is 3.20. The highest BCUT2D eigenvalue weighted by atomic mass is 79.9. The Morgan fingerprint density at radius 3 is 2.85 bits per heavy atom. The number of amides is 2. The average Bonchev–Trinajstić information content (AvgIpc) is 2.59. The first-order valence-corrected chi connectivity index (χ1v) is 9.35. The molecule has 0 bridgehead atoms. The Morgan fingerprint density at radius 2 is 2.19 bits per heavy atom. The standard InChI is InChI=1S/C17H20BrN3O4S/c1-3-25-14(22)9-13-16(24)19-6-7-21(13)17(26)20-15(23)11-5-4-10(2)12(18)8-11/h4-5,8,13H,3,6-7,9H2,1-2H3,(H,19,24)(H,20,23,26)/t13-/m1/s1. The van der Waals surface area contributed by atoms with E-state index in [1.54, 1.807) is 24.0 Å². The molecule has 1 aliphatic heterocycles. The van der Waals surface area contributed by atoms with Crippen LogP contribution in [-0.4, -0.2) is 53.5 Å².